The molecule has 0 bridgehead atoms. The van der Waals surface area contributed by atoms with Crippen LogP contribution in [0.2, 0.25) is 5.02 Å². The summed E-state index contributed by atoms with van der Waals surface area (Å²) < 4.78 is 5.43. The molecule has 0 radical (unpaired) electrons. The van der Waals surface area contributed by atoms with E-state index in [1.165, 1.54) is 0 Å². The third-order valence-electron chi connectivity index (χ3n) is 4.72. The number of rotatable bonds is 3. The van der Waals surface area contributed by atoms with E-state index in [2.05, 4.69) is 37.0 Å². The molecular formula is C20H16ClN5O. The van der Waals surface area contributed by atoms with Crippen LogP contribution in [0.3, 0.4) is 0 Å². The first kappa shape index (κ1) is 16.4. The fourth-order valence-electron chi connectivity index (χ4n) is 3.30. The Morgan fingerprint density at radius 2 is 1.74 bits per heavy atom. The van der Waals surface area contributed by atoms with Gasteiger partial charge in [0, 0.05) is 48.4 Å². The summed E-state index contributed by atoms with van der Waals surface area (Å²) in [4.78, 5) is 20.0. The minimum atomic E-state index is 0.525. The topological polar surface area (TPSA) is 63.5 Å². The van der Waals surface area contributed by atoms with Gasteiger partial charge in [0.1, 0.15) is 5.82 Å². The van der Waals surface area contributed by atoms with Crippen LogP contribution in [0.4, 0.5) is 11.5 Å². The van der Waals surface area contributed by atoms with Crippen LogP contribution >= 0.6 is 11.6 Å². The summed E-state index contributed by atoms with van der Waals surface area (Å²) in [6, 6.07) is 10.1. The fraction of sp³-hybridized carbons (Fsp3) is 0.200. The first-order valence-corrected chi connectivity index (χ1v) is 9.16. The third-order valence-corrected chi connectivity index (χ3v) is 4.91. The van der Waals surface area contributed by atoms with Gasteiger partial charge in [-0.25, -0.2) is 19.9 Å². The zero-order chi connectivity index (χ0) is 18.2. The lowest BCUT2D eigenvalue weighted by Gasteiger charge is -2.28. The number of ether oxygens (including phenoxy) is 1. The zero-order valence-corrected chi connectivity index (χ0v) is 15.2. The predicted octanol–water partition coefficient (Wildman–Crippen LogP) is 3.51. The van der Waals surface area contributed by atoms with Crippen LogP contribution in [-0.2, 0) is 4.74 Å². The number of nitrogens with zero attached hydrogens (tertiary/aromatic N) is 5. The number of hydrogen-bond acceptors (Lipinski definition) is 6. The number of fused-ring (bicyclic) bond motifs is 1. The average Bonchev–Trinajstić information content (AvgIpc) is 2.71. The van der Waals surface area contributed by atoms with Crippen molar-refractivity contribution < 1.29 is 4.74 Å². The largest absolute Gasteiger partial charge is 0.378 e. The molecule has 0 N–H and O–H groups in total. The molecule has 1 saturated heterocycles. The molecule has 0 amide bonds. The van der Waals surface area contributed by atoms with E-state index in [1.807, 2.05) is 24.4 Å². The Bertz CT molecular complexity index is 1030. The first-order chi connectivity index (χ1) is 13.3. The van der Waals surface area contributed by atoms with Crippen LogP contribution in [-0.4, -0.2) is 47.0 Å². The predicted molar refractivity (Wildman–Crippen MR) is 105 cm³/mol. The molecule has 0 atom stereocenters. The molecule has 2 aliphatic heterocycles. The smallest absolute Gasteiger partial charge is 0.159 e. The van der Waals surface area contributed by atoms with Crippen LogP contribution in [0, 0.1) is 0 Å². The lowest BCUT2D eigenvalue weighted by molar-refractivity contribution is 0.122. The van der Waals surface area contributed by atoms with E-state index in [-0.39, 0.29) is 0 Å². The van der Waals surface area contributed by atoms with E-state index in [0.29, 0.717) is 10.8 Å². The maximum atomic E-state index is 5.89. The Morgan fingerprint density at radius 1 is 0.926 bits per heavy atom. The molecule has 134 valence electrons. The number of hydrogen-bond donors (Lipinski definition) is 0. The summed E-state index contributed by atoms with van der Waals surface area (Å²) in [6.07, 6.45) is 5.05. The summed E-state index contributed by atoms with van der Waals surface area (Å²) in [5.74, 6) is 1.61. The molecule has 4 heterocycles. The van der Waals surface area contributed by atoms with Gasteiger partial charge in [-0.2, -0.15) is 0 Å². The van der Waals surface area contributed by atoms with E-state index in [0.717, 1.165) is 60.2 Å². The van der Waals surface area contributed by atoms with Crippen molar-refractivity contribution in [2.75, 3.05) is 31.2 Å². The zero-order valence-electron chi connectivity index (χ0n) is 14.5. The second kappa shape index (κ2) is 6.72. The van der Waals surface area contributed by atoms with E-state index >= 15 is 0 Å². The SMILES string of the molecule is Clc1cnc(-c2ccc3c(c2)C(c2ccnc(N4CCOCC4)c2)=N3)nc1. The highest BCUT2D eigenvalue weighted by atomic mass is 35.5. The summed E-state index contributed by atoms with van der Waals surface area (Å²) in [6.45, 7) is 3.19. The van der Waals surface area contributed by atoms with Gasteiger partial charge in [0.25, 0.3) is 0 Å². The van der Waals surface area contributed by atoms with Crippen LogP contribution < -0.4 is 4.90 Å². The number of aromatic nitrogens is 3. The molecular weight excluding hydrogens is 362 g/mol. The summed E-state index contributed by atoms with van der Waals surface area (Å²) >= 11 is 5.89. The second-order valence-electron chi connectivity index (χ2n) is 6.42. The molecule has 5 rings (SSSR count). The van der Waals surface area contributed by atoms with Crippen molar-refractivity contribution in [2.45, 2.75) is 0 Å². The molecule has 6 nitrogen and oxygen atoms in total. The van der Waals surface area contributed by atoms with Gasteiger partial charge >= 0.3 is 0 Å². The van der Waals surface area contributed by atoms with Crippen molar-refractivity contribution in [3.63, 3.8) is 0 Å². The third kappa shape index (κ3) is 3.07. The second-order valence-corrected chi connectivity index (χ2v) is 6.86. The monoisotopic (exact) mass is 377 g/mol. The molecule has 27 heavy (non-hydrogen) atoms. The minimum absolute atomic E-state index is 0.525. The van der Waals surface area contributed by atoms with Gasteiger partial charge in [-0.1, -0.05) is 11.6 Å². The maximum absolute atomic E-state index is 5.89. The van der Waals surface area contributed by atoms with Crippen LogP contribution in [0.5, 0.6) is 0 Å². The quantitative estimate of drug-likeness (QED) is 0.546. The van der Waals surface area contributed by atoms with Gasteiger partial charge in [0.15, 0.2) is 5.82 Å². The molecule has 0 saturated carbocycles. The van der Waals surface area contributed by atoms with Crippen LogP contribution in [0.1, 0.15) is 11.1 Å². The van der Waals surface area contributed by atoms with Crippen molar-refractivity contribution in [3.8, 4) is 11.4 Å². The maximum Gasteiger partial charge on any atom is 0.159 e. The van der Waals surface area contributed by atoms with Gasteiger partial charge in [0.2, 0.25) is 0 Å². The van der Waals surface area contributed by atoms with E-state index in [1.54, 1.807) is 12.4 Å². The normalized spacial score (nSPS) is 15.7. The van der Waals surface area contributed by atoms with Crippen LogP contribution in [0.25, 0.3) is 11.4 Å². The Kier molecular flexibility index (Phi) is 4.07. The molecule has 7 heteroatoms. The van der Waals surface area contributed by atoms with Crippen molar-refractivity contribution in [1.29, 1.82) is 0 Å². The highest BCUT2D eigenvalue weighted by Gasteiger charge is 2.22. The molecule has 1 aromatic carbocycles. The van der Waals surface area contributed by atoms with Gasteiger partial charge in [-0.05, 0) is 30.3 Å². The number of anilines is 1. The highest BCUT2D eigenvalue weighted by molar-refractivity contribution is 6.30. The average molecular weight is 378 g/mol. The van der Waals surface area contributed by atoms with E-state index in [9.17, 15) is 0 Å². The van der Waals surface area contributed by atoms with Crippen molar-refractivity contribution in [1.82, 2.24) is 15.0 Å². The van der Waals surface area contributed by atoms with Gasteiger partial charge < -0.3 is 9.64 Å². The first-order valence-electron chi connectivity index (χ1n) is 8.78. The standard InChI is InChI=1S/C20H16ClN5O/c21-15-11-23-20(24-12-15)14-1-2-17-16(9-14)19(25-17)13-3-4-22-18(10-13)26-5-7-27-8-6-26/h1-4,9-12H,5-8H2. The molecule has 0 unspecified atom stereocenters. The Balaban J connectivity index is 1.45. The summed E-state index contributed by atoms with van der Waals surface area (Å²) in [5, 5.41) is 0.525. The number of pyridine rings is 1. The summed E-state index contributed by atoms with van der Waals surface area (Å²) in [5.41, 5.74) is 5.06. The Hall–Kier alpha value is -2.83. The van der Waals surface area contributed by atoms with Crippen molar-refractivity contribution in [2.24, 2.45) is 4.99 Å². The van der Waals surface area contributed by atoms with Crippen molar-refractivity contribution in [3.05, 3.63) is 65.1 Å². The number of aliphatic imine (C=N–C) groups is 1. The van der Waals surface area contributed by atoms with E-state index < -0.39 is 0 Å². The summed E-state index contributed by atoms with van der Waals surface area (Å²) in [7, 11) is 0. The van der Waals surface area contributed by atoms with Gasteiger partial charge in [-0.3, -0.25) is 0 Å². The molecule has 0 aliphatic carbocycles. The number of halogens is 1. The number of benzene rings is 1. The highest BCUT2D eigenvalue weighted by Crippen LogP contribution is 2.36. The minimum Gasteiger partial charge on any atom is -0.378 e. The molecule has 2 aromatic heterocycles. The Labute approximate surface area is 161 Å². The lowest BCUT2D eigenvalue weighted by Crippen LogP contribution is -2.36. The Morgan fingerprint density at radius 3 is 2.56 bits per heavy atom. The van der Waals surface area contributed by atoms with E-state index in [4.69, 9.17) is 16.3 Å². The molecule has 1 fully saturated rings. The number of morpholine rings is 1. The van der Waals surface area contributed by atoms with Gasteiger partial charge in [0.05, 0.1) is 29.6 Å². The molecule has 2 aliphatic rings. The molecule has 3 aromatic rings. The molecule has 0 spiro atoms. The van der Waals surface area contributed by atoms with Gasteiger partial charge in [-0.15, -0.1) is 0 Å². The lowest BCUT2D eigenvalue weighted by atomic mass is 9.94. The fourth-order valence-corrected chi connectivity index (χ4v) is 3.40. The van der Waals surface area contributed by atoms with Crippen molar-refractivity contribution >= 4 is 28.8 Å². The van der Waals surface area contributed by atoms with Crippen LogP contribution in [0.15, 0.2) is 53.9 Å².